The molecule has 1 heterocycles. The summed E-state index contributed by atoms with van der Waals surface area (Å²) >= 11 is 0. The van der Waals surface area contributed by atoms with Crippen LogP contribution in [-0.4, -0.2) is 22.6 Å². The monoisotopic (exact) mass is 289 g/mol. The van der Waals surface area contributed by atoms with Crippen molar-refractivity contribution in [3.8, 4) is 5.88 Å². The molecule has 2 saturated carbocycles. The normalized spacial score (nSPS) is 33.2. The van der Waals surface area contributed by atoms with E-state index < -0.39 is 0 Å². The second kappa shape index (κ2) is 4.85. The Labute approximate surface area is 127 Å². The molecule has 0 spiro atoms. The third-order valence-electron chi connectivity index (χ3n) is 5.87. The minimum absolute atomic E-state index is 0.316. The van der Waals surface area contributed by atoms with E-state index in [0.29, 0.717) is 29.4 Å². The van der Waals surface area contributed by atoms with E-state index in [9.17, 15) is 0 Å². The Bertz CT molecular complexity index is 538. The summed E-state index contributed by atoms with van der Waals surface area (Å²) in [5, 5.41) is 3.74. The predicted octanol–water partition coefficient (Wildman–Crippen LogP) is 3.81. The molecule has 0 amide bonds. The maximum atomic E-state index is 5.59. The summed E-state index contributed by atoms with van der Waals surface area (Å²) < 4.78 is 5.59. The van der Waals surface area contributed by atoms with Crippen LogP contribution in [0.3, 0.4) is 0 Å². The van der Waals surface area contributed by atoms with Crippen LogP contribution in [0.25, 0.3) is 0 Å². The molecule has 4 heteroatoms. The Morgan fingerprint density at radius 1 is 1.33 bits per heavy atom. The molecule has 1 aromatic rings. The molecular formula is C17H27N3O. The number of aromatic nitrogens is 2. The van der Waals surface area contributed by atoms with Gasteiger partial charge in [-0.25, -0.2) is 9.97 Å². The van der Waals surface area contributed by atoms with E-state index in [2.05, 4.69) is 36.1 Å². The van der Waals surface area contributed by atoms with Crippen LogP contribution in [0.2, 0.25) is 0 Å². The Kier molecular flexibility index (Phi) is 3.38. The van der Waals surface area contributed by atoms with Crippen LogP contribution in [0.4, 0.5) is 5.82 Å². The van der Waals surface area contributed by atoms with Crippen molar-refractivity contribution in [2.75, 3.05) is 11.9 Å². The summed E-state index contributed by atoms with van der Waals surface area (Å²) in [7, 11) is 0. The Morgan fingerprint density at radius 2 is 2.10 bits per heavy atom. The van der Waals surface area contributed by atoms with Gasteiger partial charge in [-0.15, -0.1) is 0 Å². The Morgan fingerprint density at radius 3 is 2.71 bits per heavy atom. The molecule has 0 saturated heterocycles. The number of anilines is 1. The summed E-state index contributed by atoms with van der Waals surface area (Å²) in [6, 6.07) is 0.465. The molecule has 3 atom stereocenters. The predicted molar refractivity (Wildman–Crippen MR) is 84.6 cm³/mol. The van der Waals surface area contributed by atoms with Crippen LogP contribution in [0.15, 0.2) is 6.33 Å². The van der Waals surface area contributed by atoms with Gasteiger partial charge in [0, 0.05) is 6.04 Å². The van der Waals surface area contributed by atoms with E-state index >= 15 is 0 Å². The van der Waals surface area contributed by atoms with Gasteiger partial charge in [-0.05, 0) is 49.9 Å². The molecule has 2 aliphatic rings. The second-order valence-electron chi connectivity index (χ2n) is 7.58. The fourth-order valence-corrected chi connectivity index (χ4v) is 4.66. The minimum atomic E-state index is 0.316. The van der Waals surface area contributed by atoms with Gasteiger partial charge in [0.05, 0.1) is 12.2 Å². The molecule has 2 fully saturated rings. The highest BCUT2D eigenvalue weighted by Gasteiger charge is 2.59. The molecular weight excluding hydrogens is 262 g/mol. The number of ether oxygens (including phenoxy) is 1. The first-order valence-corrected chi connectivity index (χ1v) is 8.09. The lowest BCUT2D eigenvalue weighted by Gasteiger charge is -2.43. The molecule has 0 radical (unpaired) electrons. The zero-order valence-corrected chi connectivity index (χ0v) is 13.9. The number of nitrogens with zero attached hydrogens (tertiary/aromatic N) is 2. The van der Waals surface area contributed by atoms with Crippen molar-refractivity contribution in [1.29, 1.82) is 0 Å². The quantitative estimate of drug-likeness (QED) is 0.915. The lowest BCUT2D eigenvalue weighted by Crippen LogP contribution is -2.46. The summed E-state index contributed by atoms with van der Waals surface area (Å²) in [5.41, 5.74) is 1.72. The third kappa shape index (κ3) is 2.19. The van der Waals surface area contributed by atoms with Gasteiger partial charge in [-0.2, -0.15) is 0 Å². The van der Waals surface area contributed by atoms with Gasteiger partial charge in [0.1, 0.15) is 12.1 Å². The molecule has 1 N–H and O–H groups in total. The van der Waals surface area contributed by atoms with Crippen LogP contribution in [0.5, 0.6) is 5.88 Å². The number of fused-ring (bicyclic) bond motifs is 2. The molecule has 116 valence electrons. The van der Waals surface area contributed by atoms with Crippen molar-refractivity contribution in [2.24, 2.45) is 16.7 Å². The lowest BCUT2D eigenvalue weighted by molar-refractivity contribution is 0.155. The number of rotatable bonds is 4. The van der Waals surface area contributed by atoms with E-state index in [1.54, 1.807) is 6.33 Å². The van der Waals surface area contributed by atoms with Crippen molar-refractivity contribution in [3.05, 3.63) is 11.9 Å². The van der Waals surface area contributed by atoms with Crippen LogP contribution >= 0.6 is 0 Å². The maximum Gasteiger partial charge on any atom is 0.221 e. The van der Waals surface area contributed by atoms with Gasteiger partial charge in [-0.1, -0.05) is 20.8 Å². The first-order chi connectivity index (χ1) is 9.88. The van der Waals surface area contributed by atoms with E-state index in [0.717, 1.165) is 17.3 Å². The van der Waals surface area contributed by atoms with Crippen LogP contribution in [-0.2, 0) is 0 Å². The zero-order chi connectivity index (χ0) is 15.3. The van der Waals surface area contributed by atoms with Gasteiger partial charge >= 0.3 is 0 Å². The molecule has 21 heavy (non-hydrogen) atoms. The molecule has 0 aromatic carbocycles. The summed E-state index contributed by atoms with van der Waals surface area (Å²) in [4.78, 5) is 8.69. The SMILES string of the molecule is CCOc1ncnc(NC2C3(C)CCC(C3)C2(C)C)c1C. The molecule has 2 aliphatic carbocycles. The molecule has 4 nitrogen and oxygen atoms in total. The Hall–Kier alpha value is -1.32. The summed E-state index contributed by atoms with van der Waals surface area (Å²) in [5.74, 6) is 2.45. The number of hydrogen-bond acceptors (Lipinski definition) is 4. The largest absolute Gasteiger partial charge is 0.478 e. The second-order valence-corrected chi connectivity index (χ2v) is 7.58. The molecule has 2 bridgehead atoms. The highest BCUT2D eigenvalue weighted by molar-refractivity contribution is 5.49. The minimum Gasteiger partial charge on any atom is -0.478 e. The van der Waals surface area contributed by atoms with Crippen molar-refractivity contribution >= 4 is 5.82 Å². The van der Waals surface area contributed by atoms with E-state index in [1.165, 1.54) is 19.3 Å². The fraction of sp³-hybridized carbons (Fsp3) is 0.765. The van der Waals surface area contributed by atoms with E-state index in [1.807, 2.05) is 13.8 Å². The van der Waals surface area contributed by atoms with Gasteiger partial charge < -0.3 is 10.1 Å². The van der Waals surface area contributed by atoms with Gasteiger partial charge in [0.15, 0.2) is 0 Å². The van der Waals surface area contributed by atoms with E-state index in [-0.39, 0.29) is 0 Å². The lowest BCUT2D eigenvalue weighted by atomic mass is 9.68. The average molecular weight is 289 g/mol. The third-order valence-corrected chi connectivity index (χ3v) is 5.87. The number of hydrogen-bond donors (Lipinski definition) is 1. The van der Waals surface area contributed by atoms with Gasteiger partial charge in [-0.3, -0.25) is 0 Å². The van der Waals surface area contributed by atoms with Crippen LogP contribution in [0, 0.1) is 23.7 Å². The average Bonchev–Trinajstić information content (AvgIpc) is 2.90. The summed E-state index contributed by atoms with van der Waals surface area (Å²) in [6.45, 7) is 11.9. The smallest absolute Gasteiger partial charge is 0.221 e. The summed E-state index contributed by atoms with van der Waals surface area (Å²) in [6.07, 6.45) is 5.62. The number of nitrogens with one attached hydrogen (secondary N) is 1. The van der Waals surface area contributed by atoms with Crippen LogP contribution in [0.1, 0.15) is 52.5 Å². The van der Waals surface area contributed by atoms with Crippen molar-refractivity contribution in [3.63, 3.8) is 0 Å². The zero-order valence-electron chi connectivity index (χ0n) is 13.9. The fourth-order valence-electron chi connectivity index (χ4n) is 4.66. The first kappa shape index (κ1) is 14.6. The van der Waals surface area contributed by atoms with E-state index in [4.69, 9.17) is 4.74 Å². The topological polar surface area (TPSA) is 47.0 Å². The maximum absolute atomic E-state index is 5.59. The highest BCUT2D eigenvalue weighted by atomic mass is 16.5. The van der Waals surface area contributed by atoms with Crippen molar-refractivity contribution < 1.29 is 4.74 Å². The molecule has 3 rings (SSSR count). The molecule has 1 aromatic heterocycles. The van der Waals surface area contributed by atoms with Crippen LogP contribution < -0.4 is 10.1 Å². The van der Waals surface area contributed by atoms with Gasteiger partial charge in [0.25, 0.3) is 0 Å². The first-order valence-electron chi connectivity index (χ1n) is 8.09. The highest BCUT2D eigenvalue weighted by Crippen LogP contribution is 2.63. The standard InChI is InChI=1S/C17H27N3O/c1-6-21-14-11(2)13(18-10-19-14)20-15-16(3,4)12-7-8-17(15,5)9-12/h10,12,15H,6-9H2,1-5H3,(H,18,19,20). The van der Waals surface area contributed by atoms with Crippen molar-refractivity contribution in [2.45, 2.75) is 59.9 Å². The van der Waals surface area contributed by atoms with Gasteiger partial charge in [0.2, 0.25) is 5.88 Å². The van der Waals surface area contributed by atoms with Crippen molar-refractivity contribution in [1.82, 2.24) is 9.97 Å². The molecule has 3 unspecified atom stereocenters. The molecule has 0 aliphatic heterocycles. The Balaban J connectivity index is 1.89.